The number of fused-ring (bicyclic) bond motifs is 1. The van der Waals surface area contributed by atoms with E-state index in [1.165, 1.54) is 6.92 Å². The van der Waals surface area contributed by atoms with Crippen LogP contribution in [0.15, 0.2) is 23.3 Å². The summed E-state index contributed by atoms with van der Waals surface area (Å²) in [6.07, 6.45) is -18.0. The zero-order valence-corrected chi connectivity index (χ0v) is 19.5. The highest BCUT2D eigenvalue weighted by Crippen LogP contribution is 2.44. The van der Waals surface area contributed by atoms with Gasteiger partial charge >= 0.3 is 0 Å². The van der Waals surface area contributed by atoms with Gasteiger partial charge in [-0.05, 0) is 36.9 Å². The molecule has 0 saturated heterocycles. The van der Waals surface area contributed by atoms with Crippen LogP contribution in [-0.2, 0) is 4.74 Å². The van der Waals surface area contributed by atoms with Gasteiger partial charge in [0.15, 0.2) is 22.1 Å². The molecule has 2 fully saturated rings. The normalized spacial score (nSPS) is 49.3. The maximum atomic E-state index is 14.9. The van der Waals surface area contributed by atoms with Crippen LogP contribution in [0.5, 0.6) is 0 Å². The summed E-state index contributed by atoms with van der Waals surface area (Å²) in [6.45, 7) is -5.58. The molecule has 2 saturated carbocycles. The topological polar surface area (TPSA) is 138 Å². The van der Waals surface area contributed by atoms with Gasteiger partial charge in [0.2, 0.25) is 0 Å². The summed E-state index contributed by atoms with van der Waals surface area (Å²) in [6, 6.07) is -8.60. The minimum absolute atomic E-state index is 0.0287. The van der Waals surface area contributed by atoms with Gasteiger partial charge in [-0.2, -0.15) is 0 Å². The molecular formula is C24H31FN6O4S. The molecule has 10 nitrogen and oxygen atoms in total. The van der Waals surface area contributed by atoms with Crippen LogP contribution >= 0.6 is 11.8 Å². The molecule has 3 aromatic rings. The molecular weight excluding hydrogens is 487 g/mol. The van der Waals surface area contributed by atoms with E-state index in [0.29, 0.717) is 11.8 Å². The van der Waals surface area contributed by atoms with Crippen LogP contribution in [0.4, 0.5) is 10.2 Å². The van der Waals surface area contributed by atoms with Gasteiger partial charge in [-0.3, -0.25) is 0 Å². The predicted molar refractivity (Wildman–Crippen MR) is 133 cm³/mol. The molecule has 0 spiro atoms. The minimum Gasteiger partial charge on any atom is -0.394 e. The lowest BCUT2D eigenvalue weighted by Gasteiger charge is -2.17. The van der Waals surface area contributed by atoms with Gasteiger partial charge in [0, 0.05) is 30.8 Å². The van der Waals surface area contributed by atoms with Gasteiger partial charge in [0.1, 0.15) is 18.0 Å². The second-order valence-electron chi connectivity index (χ2n) is 7.39. The first-order valence-corrected chi connectivity index (χ1v) is 11.2. The summed E-state index contributed by atoms with van der Waals surface area (Å²) in [4.78, 5) is 8.16. The third-order valence-electron chi connectivity index (χ3n) is 5.00. The lowest BCUT2D eigenvalue weighted by atomic mass is 10.1. The quantitative estimate of drug-likeness (QED) is 0.226. The van der Waals surface area contributed by atoms with Crippen LogP contribution < -0.4 is 5.32 Å². The first-order chi connectivity index (χ1) is 23.7. The SMILES string of the molecule is [2H]c1c([2H])c([C@]2([2H])C[C@@]2([2H])Nc2nc(SC([2H])([2H])CC)nc3c2nnn3[C@]2([2H])C([2H])([2H])[C@]([2H])(OC([2H])([2H])C([2H])([2H])O)[C@@]([2H])(O)[C@@]2([2H])O)c([2H])c(F)c1C. The average Bonchev–Trinajstić information content (AvgIpc) is 3.30. The number of hydrogen-bond donors (Lipinski definition) is 4. The van der Waals surface area contributed by atoms with E-state index in [1.54, 1.807) is 0 Å². The third kappa shape index (κ3) is 4.92. The van der Waals surface area contributed by atoms with Gasteiger partial charge < -0.3 is 25.4 Å². The van der Waals surface area contributed by atoms with Crippen molar-refractivity contribution in [3.63, 3.8) is 0 Å². The largest absolute Gasteiger partial charge is 0.394 e. The van der Waals surface area contributed by atoms with E-state index >= 15 is 0 Å². The Morgan fingerprint density at radius 1 is 1.39 bits per heavy atom. The molecule has 2 heterocycles. The summed E-state index contributed by atoms with van der Waals surface area (Å²) < 4.78 is 160. The van der Waals surface area contributed by atoms with Crippen molar-refractivity contribution < 1.29 is 47.7 Å². The first-order valence-electron chi connectivity index (χ1n) is 18.9. The molecule has 12 heteroatoms. The Morgan fingerprint density at radius 3 is 3.00 bits per heavy atom. The Kier molecular flexibility index (Phi) is 3.51. The molecule has 0 radical (unpaired) electrons. The van der Waals surface area contributed by atoms with Crippen molar-refractivity contribution in [3.05, 3.63) is 35.1 Å². The smallest absolute Gasteiger partial charge is 0.191 e. The number of halogens is 1. The van der Waals surface area contributed by atoms with Gasteiger partial charge in [-0.25, -0.2) is 19.0 Å². The van der Waals surface area contributed by atoms with E-state index in [-0.39, 0.29) is 16.7 Å². The van der Waals surface area contributed by atoms with Crippen molar-refractivity contribution in [2.24, 2.45) is 0 Å². The molecule has 0 unspecified atom stereocenters. The van der Waals surface area contributed by atoms with E-state index < -0.39 is 119 Å². The van der Waals surface area contributed by atoms with Crippen molar-refractivity contribution in [2.75, 3.05) is 24.1 Å². The lowest BCUT2D eigenvalue weighted by Crippen LogP contribution is -2.33. The summed E-state index contributed by atoms with van der Waals surface area (Å²) >= 11 is 0.320. The number of thioether (sulfide) groups is 1. The Balaban J connectivity index is 1.73. The van der Waals surface area contributed by atoms with E-state index in [2.05, 4.69) is 30.3 Å². The van der Waals surface area contributed by atoms with Crippen molar-refractivity contribution in [2.45, 2.75) is 74.4 Å². The van der Waals surface area contributed by atoms with Gasteiger partial charge in [-0.1, -0.05) is 36.0 Å². The number of hydrogen-bond acceptors (Lipinski definition) is 10. The maximum absolute atomic E-state index is 14.9. The van der Waals surface area contributed by atoms with E-state index in [0.717, 1.165) is 6.92 Å². The number of rotatable bonds is 10. The van der Waals surface area contributed by atoms with Crippen LogP contribution in [0.1, 0.15) is 72.5 Å². The van der Waals surface area contributed by atoms with Crippen molar-refractivity contribution in [1.29, 1.82) is 0 Å². The Morgan fingerprint density at radius 2 is 2.22 bits per heavy atom. The molecule has 2 aliphatic rings. The number of benzene rings is 1. The summed E-state index contributed by atoms with van der Waals surface area (Å²) in [5.41, 5.74) is -4.69. The number of aromatic nitrogens is 5. The van der Waals surface area contributed by atoms with Crippen LogP contribution in [0.25, 0.3) is 11.2 Å². The number of aliphatic hydroxyl groups is 3. The fourth-order valence-electron chi connectivity index (χ4n) is 3.19. The second kappa shape index (κ2) is 10.5. The summed E-state index contributed by atoms with van der Waals surface area (Å²) in [7, 11) is 0. The zero-order chi connectivity index (χ0) is 40.7. The number of nitrogens with one attached hydrogen (secondary N) is 1. The molecule has 2 aliphatic carbocycles. The van der Waals surface area contributed by atoms with Crippen molar-refractivity contribution >= 4 is 28.7 Å². The van der Waals surface area contributed by atoms with E-state index in [4.69, 9.17) is 23.3 Å². The molecule has 194 valence electrons. The fourth-order valence-corrected chi connectivity index (χ4v) is 3.73. The predicted octanol–water partition coefficient (Wildman–Crippen LogP) is 2.18. The molecule has 0 bridgehead atoms. The molecule has 0 amide bonds. The van der Waals surface area contributed by atoms with E-state index in [1.807, 2.05) is 0 Å². The highest BCUT2D eigenvalue weighted by Gasteiger charge is 2.45. The van der Waals surface area contributed by atoms with Crippen molar-refractivity contribution in [3.8, 4) is 0 Å². The lowest BCUT2D eigenvalue weighted by molar-refractivity contribution is -0.0629. The minimum atomic E-state index is -4.42. The van der Waals surface area contributed by atoms with Crippen LogP contribution in [0, 0.1) is 12.7 Å². The van der Waals surface area contributed by atoms with Gasteiger partial charge in [0.05, 0.1) is 41.7 Å². The van der Waals surface area contributed by atoms with Crippen LogP contribution in [0.2, 0.25) is 0 Å². The highest BCUT2D eigenvalue weighted by atomic mass is 32.2. The molecule has 36 heavy (non-hydrogen) atoms. The Labute approximate surface area is 236 Å². The van der Waals surface area contributed by atoms with Crippen LogP contribution in [-0.4, -0.2) is 83.4 Å². The summed E-state index contributed by atoms with van der Waals surface area (Å²) in [5, 5.41) is 41.2. The molecule has 6 atom stereocenters. The van der Waals surface area contributed by atoms with E-state index in [9.17, 15) is 19.7 Å². The van der Waals surface area contributed by atoms with Gasteiger partial charge in [-0.15, -0.1) is 5.10 Å². The zero-order valence-electron chi connectivity index (χ0n) is 35.7. The molecule has 1 aromatic carbocycles. The standard InChI is InChI=1S/C24H31FN6O4S/c1-3-8-36-24-27-22(26-16-10-14(16)13-5-4-12(2)15(25)9-13)19-23(28-24)31(30-29-19)17-11-18(35-7-6-32)21(34)20(17)33/h4-5,9,14,16-18,20-21,32-34H,3,6-8,10-11H2,1-2H3,(H,26,27,28)/t14-,16+,17+,18-,20-,21+/m0/s1/i4D,5D,6D2,7D2,8D2,9D,11D2,14D,16D,17D,18D,20D,21D. The van der Waals surface area contributed by atoms with Gasteiger partial charge in [0.25, 0.3) is 0 Å². The number of ether oxygens (including phenoxy) is 1. The summed E-state index contributed by atoms with van der Waals surface area (Å²) in [5.74, 6) is -4.12. The highest BCUT2D eigenvalue weighted by molar-refractivity contribution is 7.99. The number of anilines is 1. The monoisotopic (exact) mass is 535 g/mol. The second-order valence-corrected chi connectivity index (χ2v) is 8.25. The third-order valence-corrected chi connectivity index (χ3v) is 5.79. The average molecular weight is 536 g/mol. The first kappa shape index (κ1) is 12.0. The molecule has 0 aliphatic heterocycles. The fraction of sp³-hybridized carbons (Fsp3) is 0.583. The molecule has 2 aromatic heterocycles. The Hall–Kier alpha value is -2.38. The van der Waals surface area contributed by atoms with Crippen molar-refractivity contribution in [1.82, 2.24) is 25.0 Å². The number of nitrogens with zero attached hydrogens (tertiary/aromatic N) is 5. The Bertz CT molecular complexity index is 1990. The molecule has 5 rings (SSSR count). The molecule has 4 N–H and O–H groups in total. The van der Waals surface area contributed by atoms with Crippen LogP contribution in [0.3, 0.4) is 0 Å². The maximum Gasteiger partial charge on any atom is 0.191 e.